The van der Waals surface area contributed by atoms with Crippen LogP contribution in [-0.2, 0) is 4.74 Å². The molecular formula is C33H31N3O2. The van der Waals surface area contributed by atoms with Gasteiger partial charge in [0.15, 0.2) is 5.75 Å². The van der Waals surface area contributed by atoms with Crippen LogP contribution in [0.15, 0.2) is 104 Å². The van der Waals surface area contributed by atoms with Crippen LogP contribution in [-0.4, -0.2) is 20.7 Å². The summed E-state index contributed by atoms with van der Waals surface area (Å²) in [5, 5.41) is 3.69. The first-order valence-electron chi connectivity index (χ1n) is 12.8. The van der Waals surface area contributed by atoms with Gasteiger partial charge in [0, 0.05) is 43.2 Å². The minimum atomic E-state index is -0.945. The van der Waals surface area contributed by atoms with Crippen LogP contribution in [0.25, 0.3) is 34.1 Å². The first-order chi connectivity index (χ1) is 18.4. The molecule has 1 fully saturated rings. The van der Waals surface area contributed by atoms with E-state index in [4.69, 9.17) is 9.47 Å². The van der Waals surface area contributed by atoms with Crippen molar-refractivity contribution in [2.24, 2.45) is 0 Å². The van der Waals surface area contributed by atoms with Gasteiger partial charge in [-0.3, -0.25) is 15.0 Å². The predicted octanol–water partition coefficient (Wildman–Crippen LogP) is 6.28. The molecule has 190 valence electrons. The number of benzene rings is 2. The van der Waals surface area contributed by atoms with Gasteiger partial charge in [-0.2, -0.15) is 0 Å². The molecule has 5 heteroatoms. The maximum Gasteiger partial charge on any atom is 0.246 e. The fourth-order valence-electron chi connectivity index (χ4n) is 4.41. The smallest absolute Gasteiger partial charge is 0.246 e. The zero-order valence-electron chi connectivity index (χ0n) is 21.8. The zero-order chi connectivity index (χ0) is 26.5. The number of ether oxygens (including phenoxy) is 2. The van der Waals surface area contributed by atoms with E-state index >= 15 is 0 Å². The number of para-hydroxylation sites is 2. The van der Waals surface area contributed by atoms with Gasteiger partial charge in [-0.15, -0.1) is 0 Å². The summed E-state index contributed by atoms with van der Waals surface area (Å²) >= 11 is 0. The number of fused-ring (bicyclic) bond motifs is 2. The van der Waals surface area contributed by atoms with Gasteiger partial charge in [0.1, 0.15) is 16.6 Å². The quantitative estimate of drug-likeness (QED) is 0.256. The van der Waals surface area contributed by atoms with Crippen molar-refractivity contribution < 1.29 is 9.47 Å². The van der Waals surface area contributed by atoms with E-state index in [0.29, 0.717) is 16.9 Å². The lowest BCUT2D eigenvalue weighted by Crippen LogP contribution is -2.36. The molecule has 1 aliphatic rings. The van der Waals surface area contributed by atoms with Crippen LogP contribution in [0, 0.1) is 0 Å². The van der Waals surface area contributed by atoms with Crippen molar-refractivity contribution >= 4 is 34.1 Å². The Morgan fingerprint density at radius 3 is 2.11 bits per heavy atom. The molecular weight excluding hydrogens is 470 g/mol. The highest BCUT2D eigenvalue weighted by Gasteiger charge is 2.25. The Labute approximate surface area is 222 Å². The summed E-state index contributed by atoms with van der Waals surface area (Å²) in [4.78, 5) is 13.2. The van der Waals surface area contributed by atoms with E-state index in [0.717, 1.165) is 22.0 Å². The largest absolute Gasteiger partial charge is 0.451 e. The van der Waals surface area contributed by atoms with Gasteiger partial charge in [0.05, 0.1) is 5.52 Å². The molecule has 0 amide bonds. The van der Waals surface area contributed by atoms with Gasteiger partial charge >= 0.3 is 0 Å². The fraction of sp³-hybridized carbons (Fsp3) is 0.182. The Morgan fingerprint density at radius 2 is 1.42 bits per heavy atom. The molecule has 0 atom stereocenters. The normalized spacial score (nSPS) is 13.8. The van der Waals surface area contributed by atoms with Gasteiger partial charge in [-0.25, -0.2) is 0 Å². The molecule has 3 aromatic heterocycles. The molecule has 0 unspecified atom stereocenters. The molecule has 38 heavy (non-hydrogen) atoms. The second-order valence-electron chi connectivity index (χ2n) is 9.71. The molecule has 0 N–H and O–H groups in total. The van der Waals surface area contributed by atoms with Crippen molar-refractivity contribution in [3.63, 3.8) is 0 Å². The van der Waals surface area contributed by atoms with E-state index < -0.39 is 5.79 Å². The van der Waals surface area contributed by atoms with E-state index in [2.05, 4.69) is 52.4 Å². The van der Waals surface area contributed by atoms with Crippen LogP contribution >= 0.6 is 0 Å². The van der Waals surface area contributed by atoms with Crippen LogP contribution < -0.4 is 15.3 Å². The molecule has 6 rings (SSSR count). The van der Waals surface area contributed by atoms with Crippen molar-refractivity contribution in [1.29, 1.82) is 0 Å². The second kappa shape index (κ2) is 10.9. The molecule has 3 heterocycles. The van der Waals surface area contributed by atoms with E-state index in [1.54, 1.807) is 18.5 Å². The summed E-state index contributed by atoms with van der Waals surface area (Å²) in [7, 11) is 0. The SMILES string of the molecule is C=C/C(OC(C)(C)Oc1cccc2cccnc12)=c1/ncccc1=C.c1cnc2c(C3CC3)cccc2c1. The molecule has 2 aromatic carbocycles. The molecule has 1 saturated carbocycles. The molecule has 0 aliphatic heterocycles. The Hall–Kier alpha value is -4.51. The molecule has 5 nitrogen and oxygen atoms in total. The Bertz CT molecular complexity index is 1700. The Balaban J connectivity index is 0.000000187. The number of nitrogens with zero attached hydrogens (tertiary/aromatic N) is 3. The van der Waals surface area contributed by atoms with Crippen LogP contribution in [0.4, 0.5) is 0 Å². The third-order valence-corrected chi connectivity index (χ3v) is 6.30. The minimum Gasteiger partial charge on any atom is -0.451 e. The average Bonchev–Trinajstić information content (AvgIpc) is 3.78. The van der Waals surface area contributed by atoms with Gasteiger partial charge in [0.2, 0.25) is 5.79 Å². The molecule has 1 aliphatic carbocycles. The van der Waals surface area contributed by atoms with Crippen molar-refractivity contribution in [2.75, 3.05) is 0 Å². The number of hydrogen-bond donors (Lipinski definition) is 0. The maximum absolute atomic E-state index is 6.11. The fourth-order valence-corrected chi connectivity index (χ4v) is 4.41. The number of aromatic nitrogens is 3. The van der Waals surface area contributed by atoms with Crippen molar-refractivity contribution in [2.45, 2.75) is 38.4 Å². The first kappa shape index (κ1) is 25.2. The monoisotopic (exact) mass is 501 g/mol. The number of pyridine rings is 3. The lowest BCUT2D eigenvalue weighted by molar-refractivity contribution is -0.101. The summed E-state index contributed by atoms with van der Waals surface area (Å²) < 4.78 is 12.2. The van der Waals surface area contributed by atoms with Crippen LogP contribution in [0.2, 0.25) is 0 Å². The number of hydrogen-bond acceptors (Lipinski definition) is 5. The summed E-state index contributed by atoms with van der Waals surface area (Å²) in [6, 6.07) is 24.0. The van der Waals surface area contributed by atoms with Crippen molar-refractivity contribution in [3.05, 3.63) is 120 Å². The third-order valence-electron chi connectivity index (χ3n) is 6.30. The van der Waals surface area contributed by atoms with Gasteiger partial charge in [0.25, 0.3) is 0 Å². The van der Waals surface area contributed by atoms with E-state index in [-0.39, 0.29) is 0 Å². The summed E-state index contributed by atoms with van der Waals surface area (Å²) in [5.41, 5.74) is 3.43. The van der Waals surface area contributed by atoms with Crippen molar-refractivity contribution in [3.8, 4) is 5.75 Å². The minimum absolute atomic E-state index is 0.517. The topological polar surface area (TPSA) is 57.1 Å². The van der Waals surface area contributed by atoms with Crippen LogP contribution in [0.1, 0.15) is 38.2 Å². The summed E-state index contributed by atoms with van der Waals surface area (Å²) in [5.74, 6) is 1.02. The third kappa shape index (κ3) is 5.73. The molecule has 0 bridgehead atoms. The van der Waals surface area contributed by atoms with E-state index in [9.17, 15) is 0 Å². The summed E-state index contributed by atoms with van der Waals surface area (Å²) in [6.07, 6.45) is 9.62. The van der Waals surface area contributed by atoms with Gasteiger partial charge in [-0.1, -0.05) is 61.7 Å². The Morgan fingerprint density at radius 1 is 0.816 bits per heavy atom. The van der Waals surface area contributed by atoms with Crippen LogP contribution in [0.3, 0.4) is 0 Å². The molecule has 5 aromatic rings. The molecule has 0 saturated heterocycles. The van der Waals surface area contributed by atoms with E-state index in [1.165, 1.54) is 29.3 Å². The first-order valence-corrected chi connectivity index (χ1v) is 12.8. The predicted molar refractivity (Wildman–Crippen MR) is 154 cm³/mol. The van der Waals surface area contributed by atoms with Gasteiger partial charge < -0.3 is 9.47 Å². The highest BCUT2D eigenvalue weighted by atomic mass is 16.7. The zero-order valence-corrected chi connectivity index (χ0v) is 21.8. The molecule has 0 spiro atoms. The number of rotatable bonds is 6. The highest BCUT2D eigenvalue weighted by Crippen LogP contribution is 2.42. The highest BCUT2D eigenvalue weighted by molar-refractivity contribution is 5.84. The van der Waals surface area contributed by atoms with E-state index in [1.807, 2.05) is 68.6 Å². The average molecular weight is 502 g/mol. The summed E-state index contributed by atoms with van der Waals surface area (Å²) in [6.45, 7) is 11.5. The van der Waals surface area contributed by atoms with Crippen molar-refractivity contribution in [1.82, 2.24) is 15.0 Å². The maximum atomic E-state index is 6.11. The standard InChI is InChI=1S/C21H20N2O2.C12H11N/c1-5-17(19-15(2)9-7-13-22-19)24-21(3,4)25-18-12-6-10-16-11-8-14-23-20(16)18;1-3-10-4-2-8-13-12(10)11(5-1)9-6-7-9/h5-14H,1-2H2,3-4H3;1-5,8-9H,6-7H2/b19-17-;. The van der Waals surface area contributed by atoms with Gasteiger partial charge in [-0.05, 0) is 59.9 Å². The Kier molecular flexibility index (Phi) is 7.18. The lowest BCUT2D eigenvalue weighted by Gasteiger charge is -2.28. The molecule has 0 radical (unpaired) electrons. The van der Waals surface area contributed by atoms with Crippen LogP contribution in [0.5, 0.6) is 5.75 Å². The second-order valence-corrected chi connectivity index (χ2v) is 9.71. The lowest BCUT2D eigenvalue weighted by atomic mass is 10.1.